The second-order valence-corrected chi connectivity index (χ2v) is 4.50. The first kappa shape index (κ1) is 12.8. The van der Waals surface area contributed by atoms with E-state index in [2.05, 4.69) is 41.4 Å². The number of hydrogen-bond donors (Lipinski definition) is 1. The fraction of sp³-hybridized carbons (Fsp3) is 0.400. The molecule has 3 heteroatoms. The van der Waals surface area contributed by atoms with Crippen LogP contribution in [0.25, 0.3) is 6.08 Å². The highest BCUT2D eigenvalue weighted by Gasteiger charge is 2.28. The number of hydrogen-bond acceptors (Lipinski definition) is 2. The second kappa shape index (κ2) is 6.36. The first-order valence-electron chi connectivity index (χ1n) is 6.54. The molecule has 0 spiro atoms. The van der Waals surface area contributed by atoms with Crippen molar-refractivity contribution in [3.05, 3.63) is 42.0 Å². The smallest absolute Gasteiger partial charge is 0.237 e. The highest BCUT2D eigenvalue weighted by molar-refractivity contribution is 5.83. The standard InChI is InChI=1S/C15H20N2O/c1-2-17(14-10-11-16-15(14)18)12-6-9-13-7-4-3-5-8-13/h3-9,14H,2,10-12H2,1H3,(H,16,18)/b9-6+/t14-/m0/s1. The Morgan fingerprint density at radius 2 is 2.17 bits per heavy atom. The summed E-state index contributed by atoms with van der Waals surface area (Å²) in [6.07, 6.45) is 5.16. The van der Waals surface area contributed by atoms with Crippen LogP contribution in [0.2, 0.25) is 0 Å². The zero-order valence-corrected chi connectivity index (χ0v) is 10.8. The van der Waals surface area contributed by atoms with E-state index in [0.717, 1.165) is 26.1 Å². The van der Waals surface area contributed by atoms with Crippen molar-refractivity contribution in [2.45, 2.75) is 19.4 Å². The Kier molecular flexibility index (Phi) is 4.53. The van der Waals surface area contributed by atoms with E-state index in [4.69, 9.17) is 0 Å². The molecule has 0 aromatic heterocycles. The normalized spacial score (nSPS) is 19.7. The van der Waals surface area contributed by atoms with Crippen molar-refractivity contribution in [1.82, 2.24) is 10.2 Å². The highest BCUT2D eigenvalue weighted by Crippen LogP contribution is 2.10. The molecule has 18 heavy (non-hydrogen) atoms. The molecule has 1 heterocycles. The molecule has 1 saturated heterocycles. The van der Waals surface area contributed by atoms with E-state index in [0.29, 0.717) is 0 Å². The maximum Gasteiger partial charge on any atom is 0.237 e. The first-order chi connectivity index (χ1) is 8.81. The summed E-state index contributed by atoms with van der Waals surface area (Å²) in [5.74, 6) is 0.171. The van der Waals surface area contributed by atoms with Gasteiger partial charge in [-0.05, 0) is 18.5 Å². The summed E-state index contributed by atoms with van der Waals surface area (Å²) in [5, 5.41) is 2.89. The molecule has 3 nitrogen and oxygen atoms in total. The van der Waals surface area contributed by atoms with E-state index in [9.17, 15) is 4.79 Å². The predicted molar refractivity (Wildman–Crippen MR) is 74.1 cm³/mol. The third-order valence-corrected chi connectivity index (χ3v) is 3.32. The molecule has 1 amide bonds. The van der Waals surface area contributed by atoms with Gasteiger partial charge in [-0.25, -0.2) is 0 Å². The lowest BCUT2D eigenvalue weighted by Crippen LogP contribution is -2.40. The van der Waals surface area contributed by atoms with Crippen LogP contribution in [0.15, 0.2) is 36.4 Å². The van der Waals surface area contributed by atoms with Crippen molar-refractivity contribution in [2.75, 3.05) is 19.6 Å². The lowest BCUT2D eigenvalue weighted by molar-refractivity contribution is -0.123. The molecule has 1 aromatic carbocycles. The van der Waals surface area contributed by atoms with Crippen molar-refractivity contribution in [2.24, 2.45) is 0 Å². The zero-order valence-electron chi connectivity index (χ0n) is 10.8. The molecule has 1 aliphatic heterocycles. The van der Waals surface area contributed by atoms with Crippen LogP contribution in [0, 0.1) is 0 Å². The lowest BCUT2D eigenvalue weighted by Gasteiger charge is -2.23. The van der Waals surface area contributed by atoms with Gasteiger partial charge in [-0.3, -0.25) is 9.69 Å². The molecule has 2 rings (SSSR count). The fourth-order valence-electron chi connectivity index (χ4n) is 2.29. The molecular weight excluding hydrogens is 224 g/mol. The van der Waals surface area contributed by atoms with Gasteiger partial charge in [0.15, 0.2) is 0 Å². The molecule has 0 unspecified atom stereocenters. The summed E-state index contributed by atoms with van der Waals surface area (Å²) in [5.41, 5.74) is 1.20. The number of benzene rings is 1. The number of nitrogens with zero attached hydrogens (tertiary/aromatic N) is 1. The van der Waals surface area contributed by atoms with E-state index < -0.39 is 0 Å². The van der Waals surface area contributed by atoms with Gasteiger partial charge in [0, 0.05) is 13.1 Å². The van der Waals surface area contributed by atoms with Crippen LogP contribution in [-0.4, -0.2) is 36.5 Å². The van der Waals surface area contributed by atoms with Crippen LogP contribution in [0.4, 0.5) is 0 Å². The van der Waals surface area contributed by atoms with Gasteiger partial charge in [0.25, 0.3) is 0 Å². The molecule has 0 radical (unpaired) electrons. The zero-order chi connectivity index (χ0) is 12.8. The molecule has 1 fully saturated rings. The quantitative estimate of drug-likeness (QED) is 0.858. The number of carbonyl (C=O) groups excluding carboxylic acids is 1. The summed E-state index contributed by atoms with van der Waals surface area (Å²) >= 11 is 0. The minimum absolute atomic E-state index is 0.0513. The Morgan fingerprint density at radius 1 is 1.39 bits per heavy atom. The Labute approximate surface area is 108 Å². The molecule has 0 saturated carbocycles. The highest BCUT2D eigenvalue weighted by atomic mass is 16.2. The summed E-state index contributed by atoms with van der Waals surface area (Å²) < 4.78 is 0. The number of likely N-dealkylation sites (N-methyl/N-ethyl adjacent to an activating group) is 1. The average molecular weight is 244 g/mol. The van der Waals surface area contributed by atoms with E-state index in [-0.39, 0.29) is 11.9 Å². The van der Waals surface area contributed by atoms with Crippen molar-refractivity contribution in [3.63, 3.8) is 0 Å². The number of nitrogens with one attached hydrogen (secondary N) is 1. The number of amides is 1. The third kappa shape index (κ3) is 3.20. The topological polar surface area (TPSA) is 32.3 Å². The van der Waals surface area contributed by atoms with Gasteiger partial charge in [-0.15, -0.1) is 0 Å². The van der Waals surface area contributed by atoms with Gasteiger partial charge in [-0.2, -0.15) is 0 Å². The third-order valence-electron chi connectivity index (χ3n) is 3.32. The Hall–Kier alpha value is -1.61. The van der Waals surface area contributed by atoms with Crippen molar-refractivity contribution < 1.29 is 4.79 Å². The Balaban J connectivity index is 1.91. The summed E-state index contributed by atoms with van der Waals surface area (Å²) in [6.45, 7) is 4.63. The minimum atomic E-state index is 0.0513. The van der Waals surface area contributed by atoms with Crippen LogP contribution in [-0.2, 0) is 4.79 Å². The van der Waals surface area contributed by atoms with Crippen molar-refractivity contribution in [3.8, 4) is 0 Å². The van der Waals surface area contributed by atoms with Gasteiger partial charge in [0.1, 0.15) is 0 Å². The van der Waals surface area contributed by atoms with Gasteiger partial charge in [0.05, 0.1) is 6.04 Å². The largest absolute Gasteiger partial charge is 0.355 e. The number of carbonyl (C=O) groups is 1. The molecule has 1 aromatic rings. The lowest BCUT2D eigenvalue weighted by atomic mass is 10.2. The van der Waals surface area contributed by atoms with E-state index in [1.165, 1.54) is 5.56 Å². The van der Waals surface area contributed by atoms with Gasteiger partial charge < -0.3 is 5.32 Å². The van der Waals surface area contributed by atoms with Crippen LogP contribution in [0.1, 0.15) is 18.9 Å². The van der Waals surface area contributed by atoms with Crippen molar-refractivity contribution in [1.29, 1.82) is 0 Å². The van der Waals surface area contributed by atoms with Crippen LogP contribution in [0.5, 0.6) is 0 Å². The number of rotatable bonds is 5. The minimum Gasteiger partial charge on any atom is -0.355 e. The summed E-state index contributed by atoms with van der Waals surface area (Å²) in [4.78, 5) is 13.8. The Bertz CT molecular complexity index is 414. The molecule has 0 aliphatic carbocycles. The first-order valence-corrected chi connectivity index (χ1v) is 6.54. The fourth-order valence-corrected chi connectivity index (χ4v) is 2.29. The van der Waals surface area contributed by atoms with Gasteiger partial charge in [-0.1, -0.05) is 49.4 Å². The average Bonchev–Trinajstić information content (AvgIpc) is 2.82. The summed E-state index contributed by atoms with van der Waals surface area (Å²) in [7, 11) is 0. The molecule has 0 bridgehead atoms. The van der Waals surface area contributed by atoms with Gasteiger partial charge in [0.2, 0.25) is 5.91 Å². The Morgan fingerprint density at radius 3 is 2.78 bits per heavy atom. The van der Waals surface area contributed by atoms with E-state index >= 15 is 0 Å². The molecule has 1 aliphatic rings. The molecule has 1 N–H and O–H groups in total. The maximum atomic E-state index is 11.6. The molecule has 96 valence electrons. The van der Waals surface area contributed by atoms with Gasteiger partial charge >= 0.3 is 0 Å². The maximum absolute atomic E-state index is 11.6. The van der Waals surface area contributed by atoms with Crippen LogP contribution >= 0.6 is 0 Å². The van der Waals surface area contributed by atoms with Crippen LogP contribution < -0.4 is 5.32 Å². The molecule has 1 atom stereocenters. The predicted octanol–water partition coefficient (Wildman–Crippen LogP) is 1.91. The van der Waals surface area contributed by atoms with Crippen LogP contribution in [0.3, 0.4) is 0 Å². The monoisotopic (exact) mass is 244 g/mol. The summed E-state index contributed by atoms with van der Waals surface area (Å²) in [6, 6.07) is 10.3. The second-order valence-electron chi connectivity index (χ2n) is 4.50. The van der Waals surface area contributed by atoms with E-state index in [1.54, 1.807) is 0 Å². The molecular formula is C15H20N2O. The van der Waals surface area contributed by atoms with Crippen molar-refractivity contribution >= 4 is 12.0 Å². The van der Waals surface area contributed by atoms with E-state index in [1.807, 2.05) is 18.2 Å². The SMILES string of the molecule is CCN(C/C=C/c1ccccc1)[C@H]1CCNC1=O.